The van der Waals surface area contributed by atoms with E-state index in [0.717, 1.165) is 0 Å². The summed E-state index contributed by atoms with van der Waals surface area (Å²) in [5.74, 6) is -1.01. The van der Waals surface area contributed by atoms with Crippen LogP contribution < -0.4 is 0 Å². The monoisotopic (exact) mass is 548 g/mol. The second-order valence-corrected chi connectivity index (χ2v) is 13.4. The highest BCUT2D eigenvalue weighted by molar-refractivity contribution is 5.70. The van der Waals surface area contributed by atoms with Gasteiger partial charge in [0.25, 0.3) is 0 Å². The quantitative estimate of drug-likeness (QED) is 0.124. The minimum atomic E-state index is -0.685. The van der Waals surface area contributed by atoms with E-state index in [2.05, 4.69) is 0 Å². The van der Waals surface area contributed by atoms with Crippen molar-refractivity contribution < 1.29 is 47.3 Å². The van der Waals surface area contributed by atoms with Crippen LogP contribution in [0.15, 0.2) is 0 Å². The Morgan fingerprint density at radius 3 is 0.921 bits per heavy atom. The van der Waals surface area contributed by atoms with Gasteiger partial charge in [-0.15, -0.1) is 0 Å². The average Bonchev–Trinajstić information content (AvgIpc) is 2.66. The predicted molar refractivity (Wildman–Crippen MR) is 145 cm³/mol. The van der Waals surface area contributed by atoms with E-state index < -0.39 is 22.3 Å². The third-order valence-electron chi connectivity index (χ3n) is 5.15. The van der Waals surface area contributed by atoms with Crippen LogP contribution in [0.5, 0.6) is 0 Å². The van der Waals surface area contributed by atoms with Gasteiger partial charge in [0.2, 0.25) is 0 Å². The molecule has 0 aliphatic heterocycles. The molecule has 0 atom stereocenters. The molecule has 0 rings (SSSR count). The fourth-order valence-electron chi connectivity index (χ4n) is 3.14. The van der Waals surface area contributed by atoms with E-state index in [0.29, 0.717) is 4.48 Å². The maximum absolute atomic E-state index is 12.1. The van der Waals surface area contributed by atoms with E-state index in [1.165, 1.54) is 0 Å². The number of hydrogen-bond donors (Lipinski definition) is 0. The van der Waals surface area contributed by atoms with Crippen LogP contribution in [-0.4, -0.2) is 106 Å². The van der Waals surface area contributed by atoms with Crippen molar-refractivity contribution in [3.05, 3.63) is 0 Å². The molecular weight excluding hydrogens is 494 g/mol. The standard InChI is InChI=1S/C28H54NO9/c1-25(2,3)36-22(30)13-16-33-19-28(29(10,11)12,20-34-17-14-23(31)37-26(4,5)6)21-35-18-15-24(32)38-27(7,8)9/h13-21H2,1-12H3/q+1. The number of quaternary nitrogens is 1. The minimum Gasteiger partial charge on any atom is -0.460 e. The lowest BCUT2D eigenvalue weighted by molar-refractivity contribution is -0.926. The lowest BCUT2D eigenvalue weighted by Crippen LogP contribution is -2.65. The lowest BCUT2D eigenvalue weighted by atomic mass is 9.99. The normalized spacial score (nSPS) is 13.3. The fourth-order valence-corrected chi connectivity index (χ4v) is 3.14. The summed E-state index contributed by atoms with van der Waals surface area (Å²) in [6.45, 7) is 17.5. The van der Waals surface area contributed by atoms with Crippen molar-refractivity contribution >= 4 is 17.9 Å². The Labute approximate surface area is 230 Å². The summed E-state index contributed by atoms with van der Waals surface area (Å²) in [5, 5.41) is 0. The van der Waals surface area contributed by atoms with Gasteiger partial charge in [0.15, 0.2) is 5.54 Å². The molecule has 0 unspecified atom stereocenters. The maximum Gasteiger partial charge on any atom is 0.308 e. The summed E-state index contributed by atoms with van der Waals surface area (Å²) in [4.78, 5) is 36.3. The zero-order valence-corrected chi connectivity index (χ0v) is 26.0. The van der Waals surface area contributed by atoms with Gasteiger partial charge in [-0.25, -0.2) is 0 Å². The second-order valence-electron chi connectivity index (χ2n) is 13.4. The SMILES string of the molecule is CC(C)(C)OC(=O)CCOCC(COCCC(=O)OC(C)(C)C)(COCCC(=O)OC(C)(C)C)[N+](C)(C)C. The fraction of sp³-hybridized carbons (Fsp3) is 0.893. The van der Waals surface area contributed by atoms with Crippen LogP contribution in [0.3, 0.4) is 0 Å². The molecule has 0 aromatic rings. The zero-order chi connectivity index (χ0) is 29.8. The van der Waals surface area contributed by atoms with Crippen molar-refractivity contribution in [2.75, 3.05) is 60.8 Å². The summed E-state index contributed by atoms with van der Waals surface area (Å²) in [6.07, 6.45) is 0.344. The second kappa shape index (κ2) is 15.1. The molecule has 0 aliphatic rings. The molecule has 10 heteroatoms. The molecule has 0 saturated carbocycles. The molecule has 10 nitrogen and oxygen atoms in total. The van der Waals surface area contributed by atoms with Gasteiger partial charge in [-0.05, 0) is 62.3 Å². The van der Waals surface area contributed by atoms with E-state index in [1.807, 2.05) is 83.5 Å². The highest BCUT2D eigenvalue weighted by Gasteiger charge is 2.44. The Hall–Kier alpha value is -1.75. The number of nitrogens with zero attached hydrogens (tertiary/aromatic N) is 1. The van der Waals surface area contributed by atoms with Crippen LogP contribution in [0.4, 0.5) is 0 Å². The number of esters is 3. The summed E-state index contributed by atoms with van der Waals surface area (Å²) < 4.78 is 34.3. The third kappa shape index (κ3) is 17.7. The smallest absolute Gasteiger partial charge is 0.308 e. The molecule has 0 bridgehead atoms. The number of ether oxygens (including phenoxy) is 6. The predicted octanol–water partition coefficient (Wildman–Crippen LogP) is 3.68. The van der Waals surface area contributed by atoms with Gasteiger partial charge in [-0.3, -0.25) is 14.4 Å². The molecule has 224 valence electrons. The van der Waals surface area contributed by atoms with Crippen molar-refractivity contribution in [1.29, 1.82) is 0 Å². The van der Waals surface area contributed by atoms with E-state index in [4.69, 9.17) is 28.4 Å². The van der Waals surface area contributed by atoms with Crippen LogP contribution in [0.25, 0.3) is 0 Å². The summed E-state index contributed by atoms with van der Waals surface area (Å²) >= 11 is 0. The van der Waals surface area contributed by atoms with Gasteiger partial charge in [-0.2, -0.15) is 0 Å². The Morgan fingerprint density at radius 2 is 0.737 bits per heavy atom. The first-order valence-corrected chi connectivity index (χ1v) is 13.3. The highest BCUT2D eigenvalue weighted by Crippen LogP contribution is 2.22. The first kappa shape index (κ1) is 36.2. The van der Waals surface area contributed by atoms with Gasteiger partial charge in [0, 0.05) is 0 Å². The van der Waals surface area contributed by atoms with Crippen molar-refractivity contribution in [3.63, 3.8) is 0 Å². The molecule has 0 aromatic carbocycles. The molecule has 0 radical (unpaired) electrons. The number of rotatable bonds is 16. The number of likely N-dealkylation sites (N-methyl/N-ethyl adjacent to an activating group) is 1. The summed E-state index contributed by atoms with van der Waals surface area (Å²) in [6, 6.07) is 0. The minimum absolute atomic E-state index is 0.115. The summed E-state index contributed by atoms with van der Waals surface area (Å²) in [7, 11) is 5.98. The molecule has 0 N–H and O–H groups in total. The largest absolute Gasteiger partial charge is 0.460 e. The molecule has 0 heterocycles. The molecule has 0 saturated heterocycles. The molecule has 0 fully saturated rings. The Morgan fingerprint density at radius 1 is 0.500 bits per heavy atom. The average molecular weight is 549 g/mol. The lowest BCUT2D eigenvalue weighted by Gasteiger charge is -2.45. The van der Waals surface area contributed by atoms with Gasteiger partial charge in [0.1, 0.15) is 36.6 Å². The highest BCUT2D eigenvalue weighted by atomic mass is 16.6. The first-order chi connectivity index (χ1) is 17.1. The molecule has 0 aromatic heterocycles. The van der Waals surface area contributed by atoms with Crippen molar-refractivity contribution in [1.82, 2.24) is 0 Å². The molecule has 0 spiro atoms. The van der Waals surface area contributed by atoms with Crippen LogP contribution in [0.2, 0.25) is 0 Å². The van der Waals surface area contributed by atoms with Crippen LogP contribution in [0, 0.1) is 0 Å². The molecule has 38 heavy (non-hydrogen) atoms. The third-order valence-corrected chi connectivity index (χ3v) is 5.15. The molecular formula is C28H54NO9+. The number of carbonyl (C=O) groups is 3. The van der Waals surface area contributed by atoms with Gasteiger partial charge in [0.05, 0.1) is 60.2 Å². The van der Waals surface area contributed by atoms with Gasteiger partial charge in [-0.1, -0.05) is 0 Å². The van der Waals surface area contributed by atoms with Crippen LogP contribution >= 0.6 is 0 Å². The zero-order valence-electron chi connectivity index (χ0n) is 26.0. The number of hydrogen-bond acceptors (Lipinski definition) is 9. The molecule has 0 aliphatic carbocycles. The Bertz CT molecular complexity index is 649. The van der Waals surface area contributed by atoms with E-state index in [1.54, 1.807) is 0 Å². The van der Waals surface area contributed by atoms with E-state index >= 15 is 0 Å². The van der Waals surface area contributed by atoms with Crippen molar-refractivity contribution in [2.45, 2.75) is 104 Å². The Kier molecular flexibility index (Phi) is 14.4. The van der Waals surface area contributed by atoms with Crippen LogP contribution in [-0.2, 0) is 42.8 Å². The van der Waals surface area contributed by atoms with Crippen molar-refractivity contribution in [3.8, 4) is 0 Å². The van der Waals surface area contributed by atoms with Crippen molar-refractivity contribution in [2.24, 2.45) is 0 Å². The topological polar surface area (TPSA) is 107 Å². The van der Waals surface area contributed by atoms with E-state index in [-0.39, 0.29) is 76.8 Å². The van der Waals surface area contributed by atoms with Crippen LogP contribution in [0.1, 0.15) is 81.6 Å². The number of carbonyl (C=O) groups excluding carboxylic acids is 3. The summed E-state index contributed by atoms with van der Waals surface area (Å²) in [5.41, 5.74) is -2.37. The van der Waals surface area contributed by atoms with Gasteiger partial charge < -0.3 is 32.9 Å². The molecule has 0 amide bonds. The first-order valence-electron chi connectivity index (χ1n) is 13.3. The Balaban J connectivity index is 5.23. The van der Waals surface area contributed by atoms with Gasteiger partial charge >= 0.3 is 17.9 Å². The van der Waals surface area contributed by atoms with E-state index in [9.17, 15) is 14.4 Å². The maximum atomic E-state index is 12.1.